The predicted octanol–water partition coefficient (Wildman–Crippen LogP) is 2.90. The second-order valence-corrected chi connectivity index (χ2v) is 6.94. The zero-order chi connectivity index (χ0) is 15.2. The van der Waals surface area contributed by atoms with Crippen LogP contribution in [0.1, 0.15) is 25.2 Å². The van der Waals surface area contributed by atoms with Crippen LogP contribution < -0.4 is 5.73 Å². The molecule has 0 amide bonds. The van der Waals surface area contributed by atoms with E-state index in [1.807, 2.05) is 4.68 Å². The lowest BCUT2D eigenvalue weighted by Gasteiger charge is -2.13. The normalized spacial score (nSPS) is 12.8. The van der Waals surface area contributed by atoms with Crippen molar-refractivity contribution in [1.82, 2.24) is 14.8 Å². The molecule has 0 aliphatic carbocycles. The van der Waals surface area contributed by atoms with Gasteiger partial charge in [-0.1, -0.05) is 31.5 Å². The maximum atomic E-state index is 6.25. The van der Waals surface area contributed by atoms with Gasteiger partial charge in [0.25, 0.3) is 0 Å². The van der Waals surface area contributed by atoms with Crippen LogP contribution in [-0.4, -0.2) is 26.6 Å². The lowest BCUT2D eigenvalue weighted by Crippen LogP contribution is -2.27. The Morgan fingerprint density at radius 3 is 2.86 bits per heavy atom. The van der Waals surface area contributed by atoms with Crippen LogP contribution in [0, 0.1) is 12.8 Å². The Labute approximate surface area is 131 Å². The summed E-state index contributed by atoms with van der Waals surface area (Å²) in [5.74, 6) is 2.43. The van der Waals surface area contributed by atoms with E-state index in [-0.39, 0.29) is 6.04 Å². The molecule has 0 radical (unpaired) electrons. The van der Waals surface area contributed by atoms with Crippen LogP contribution in [0.4, 0.5) is 0 Å². The van der Waals surface area contributed by atoms with Crippen molar-refractivity contribution in [1.29, 1.82) is 0 Å². The first-order valence-electron chi connectivity index (χ1n) is 7.36. The highest BCUT2D eigenvalue weighted by atomic mass is 32.2. The van der Waals surface area contributed by atoms with E-state index in [1.165, 1.54) is 10.5 Å². The summed E-state index contributed by atoms with van der Waals surface area (Å²) in [5.41, 5.74) is 7.53. The quantitative estimate of drug-likeness (QED) is 0.799. The fraction of sp³-hybridized carbons (Fsp3) is 0.500. The van der Waals surface area contributed by atoms with Crippen molar-refractivity contribution < 1.29 is 0 Å². The Morgan fingerprint density at radius 1 is 1.33 bits per heavy atom. The van der Waals surface area contributed by atoms with Gasteiger partial charge in [-0.05, 0) is 25.0 Å². The van der Waals surface area contributed by atoms with E-state index in [9.17, 15) is 0 Å². The van der Waals surface area contributed by atoms with Crippen LogP contribution in [0.2, 0.25) is 0 Å². The summed E-state index contributed by atoms with van der Waals surface area (Å²) in [5, 5.41) is 4.28. The Kier molecular flexibility index (Phi) is 5.82. The Morgan fingerprint density at radius 2 is 2.14 bits per heavy atom. The van der Waals surface area contributed by atoms with Crippen molar-refractivity contribution in [3.63, 3.8) is 0 Å². The lowest BCUT2D eigenvalue weighted by atomic mass is 10.2. The van der Waals surface area contributed by atoms with Gasteiger partial charge in [0, 0.05) is 29.7 Å². The summed E-state index contributed by atoms with van der Waals surface area (Å²) < 4.78 is 1.97. The first-order chi connectivity index (χ1) is 10.0. The van der Waals surface area contributed by atoms with Gasteiger partial charge in [-0.25, -0.2) is 9.67 Å². The topological polar surface area (TPSA) is 56.7 Å². The number of rotatable bonds is 7. The smallest absolute Gasteiger partial charge is 0.138 e. The van der Waals surface area contributed by atoms with E-state index < -0.39 is 0 Å². The number of aromatic nitrogens is 3. The molecule has 0 saturated heterocycles. The van der Waals surface area contributed by atoms with Gasteiger partial charge in [0.05, 0.1) is 0 Å². The molecule has 114 valence electrons. The molecule has 0 fully saturated rings. The van der Waals surface area contributed by atoms with Gasteiger partial charge in [-0.3, -0.25) is 0 Å². The minimum Gasteiger partial charge on any atom is -0.327 e. The highest BCUT2D eigenvalue weighted by Crippen LogP contribution is 2.20. The molecule has 0 aliphatic heterocycles. The maximum absolute atomic E-state index is 6.25. The van der Waals surface area contributed by atoms with Crippen molar-refractivity contribution in [2.45, 2.75) is 44.7 Å². The Hall–Kier alpha value is -1.33. The van der Waals surface area contributed by atoms with E-state index in [2.05, 4.69) is 55.1 Å². The molecule has 2 rings (SSSR count). The van der Waals surface area contributed by atoms with Gasteiger partial charge < -0.3 is 5.73 Å². The third-order valence-electron chi connectivity index (χ3n) is 3.13. The molecule has 0 saturated carbocycles. The molecule has 1 aromatic heterocycles. The number of hydrogen-bond acceptors (Lipinski definition) is 4. The average Bonchev–Trinajstić information content (AvgIpc) is 2.83. The molecule has 21 heavy (non-hydrogen) atoms. The maximum Gasteiger partial charge on any atom is 0.138 e. The molecule has 1 heterocycles. The molecular formula is C16H24N4S. The largest absolute Gasteiger partial charge is 0.327 e. The van der Waals surface area contributed by atoms with E-state index in [0.29, 0.717) is 5.92 Å². The monoisotopic (exact) mass is 304 g/mol. The third-order valence-corrected chi connectivity index (χ3v) is 4.31. The predicted molar refractivity (Wildman–Crippen MR) is 88.4 cm³/mol. The number of nitrogens with zero attached hydrogens (tertiary/aromatic N) is 3. The summed E-state index contributed by atoms with van der Waals surface area (Å²) >= 11 is 1.80. The van der Waals surface area contributed by atoms with Crippen molar-refractivity contribution in [3.05, 3.63) is 42.0 Å². The molecule has 1 atom stereocenters. The fourth-order valence-electron chi connectivity index (χ4n) is 2.15. The van der Waals surface area contributed by atoms with Crippen LogP contribution in [0.25, 0.3) is 0 Å². The summed E-state index contributed by atoms with van der Waals surface area (Å²) in [7, 11) is 0. The molecule has 2 N–H and O–H groups in total. The van der Waals surface area contributed by atoms with Crippen LogP contribution in [-0.2, 0) is 13.0 Å². The Balaban J connectivity index is 1.87. The zero-order valence-corrected chi connectivity index (χ0v) is 13.8. The van der Waals surface area contributed by atoms with Crippen molar-refractivity contribution in [3.8, 4) is 0 Å². The van der Waals surface area contributed by atoms with E-state index >= 15 is 0 Å². The van der Waals surface area contributed by atoms with Crippen LogP contribution in [0.3, 0.4) is 0 Å². The third kappa shape index (κ3) is 5.17. The highest BCUT2D eigenvalue weighted by molar-refractivity contribution is 7.99. The zero-order valence-electron chi connectivity index (χ0n) is 13.0. The first kappa shape index (κ1) is 16.0. The molecule has 0 spiro atoms. The van der Waals surface area contributed by atoms with Crippen molar-refractivity contribution >= 4 is 11.8 Å². The van der Waals surface area contributed by atoms with Crippen LogP contribution in [0.15, 0.2) is 35.5 Å². The molecule has 2 aromatic rings. The number of hydrogen-bond donors (Lipinski definition) is 1. The molecule has 4 nitrogen and oxygen atoms in total. The standard InChI is InChI=1S/C16H24N4S/c1-12(2)9-20-16(18-11-19-20)8-14(17)10-21-15-6-4-5-13(3)7-15/h4-7,11-12,14H,8-10,17H2,1-3H3. The Bertz CT molecular complexity index is 565. The number of thioether (sulfide) groups is 1. The second-order valence-electron chi connectivity index (χ2n) is 5.84. The van der Waals surface area contributed by atoms with E-state index in [0.717, 1.165) is 24.5 Å². The molecule has 0 aliphatic rings. The minimum atomic E-state index is 0.0885. The van der Waals surface area contributed by atoms with Crippen LogP contribution >= 0.6 is 11.8 Å². The van der Waals surface area contributed by atoms with Gasteiger partial charge in [0.1, 0.15) is 12.2 Å². The van der Waals surface area contributed by atoms with Gasteiger partial charge in [-0.15, -0.1) is 11.8 Å². The average molecular weight is 304 g/mol. The van der Waals surface area contributed by atoms with E-state index in [1.54, 1.807) is 18.1 Å². The first-order valence-corrected chi connectivity index (χ1v) is 8.35. The summed E-state index contributed by atoms with van der Waals surface area (Å²) in [4.78, 5) is 5.61. The lowest BCUT2D eigenvalue weighted by molar-refractivity contribution is 0.461. The molecular weight excluding hydrogens is 280 g/mol. The van der Waals surface area contributed by atoms with E-state index in [4.69, 9.17) is 5.73 Å². The van der Waals surface area contributed by atoms with Crippen molar-refractivity contribution in [2.75, 3.05) is 5.75 Å². The van der Waals surface area contributed by atoms with Gasteiger partial charge in [0.2, 0.25) is 0 Å². The molecule has 0 bridgehead atoms. The summed E-state index contributed by atoms with van der Waals surface area (Å²) in [6, 6.07) is 8.61. The molecule has 1 unspecified atom stereocenters. The number of nitrogens with two attached hydrogens (primary N) is 1. The SMILES string of the molecule is Cc1cccc(SCC(N)Cc2ncnn2CC(C)C)c1. The van der Waals surface area contributed by atoms with Gasteiger partial charge in [-0.2, -0.15) is 5.10 Å². The molecule has 5 heteroatoms. The number of benzene rings is 1. The summed E-state index contributed by atoms with van der Waals surface area (Å²) in [6.07, 6.45) is 2.39. The highest BCUT2D eigenvalue weighted by Gasteiger charge is 2.11. The van der Waals surface area contributed by atoms with Gasteiger partial charge >= 0.3 is 0 Å². The van der Waals surface area contributed by atoms with Crippen molar-refractivity contribution in [2.24, 2.45) is 11.7 Å². The van der Waals surface area contributed by atoms with Crippen LogP contribution in [0.5, 0.6) is 0 Å². The minimum absolute atomic E-state index is 0.0885. The molecule has 1 aromatic carbocycles. The number of aryl methyl sites for hydroxylation is 1. The van der Waals surface area contributed by atoms with Gasteiger partial charge in [0.15, 0.2) is 0 Å². The second kappa shape index (κ2) is 7.61. The summed E-state index contributed by atoms with van der Waals surface area (Å²) in [6.45, 7) is 7.36. The fourth-order valence-corrected chi connectivity index (χ4v) is 3.11.